The van der Waals surface area contributed by atoms with E-state index in [4.69, 9.17) is 4.74 Å². The second-order valence-corrected chi connectivity index (χ2v) is 8.73. The highest BCUT2D eigenvalue weighted by Crippen LogP contribution is 2.40. The first-order valence-corrected chi connectivity index (χ1v) is 11.8. The van der Waals surface area contributed by atoms with E-state index < -0.39 is 23.7 Å². The number of nitrogens with zero attached hydrogens (tertiary/aromatic N) is 5. The van der Waals surface area contributed by atoms with Gasteiger partial charge in [-0.2, -0.15) is 0 Å². The number of amides is 1. The van der Waals surface area contributed by atoms with Gasteiger partial charge in [-0.1, -0.05) is 18.2 Å². The van der Waals surface area contributed by atoms with Gasteiger partial charge in [-0.05, 0) is 43.2 Å². The van der Waals surface area contributed by atoms with Gasteiger partial charge < -0.3 is 19.3 Å². The third-order valence-corrected chi connectivity index (χ3v) is 6.49. The molecule has 1 atom stereocenters. The van der Waals surface area contributed by atoms with Crippen LogP contribution in [-0.2, 0) is 20.9 Å². The van der Waals surface area contributed by atoms with Crippen LogP contribution in [0, 0.1) is 6.92 Å². The number of aryl methyl sites for hydroxylation is 2. The van der Waals surface area contributed by atoms with Crippen molar-refractivity contribution < 1.29 is 24.2 Å². The van der Waals surface area contributed by atoms with Crippen molar-refractivity contribution in [3.63, 3.8) is 0 Å². The number of hydrogen-bond acceptors (Lipinski definition) is 7. The number of fused-ring (bicyclic) bond motifs is 1. The SMILES string of the molecule is COC(=O)c1ccc(C2C(=C(O)c3c(C)nc4ccccn34)C(=O)C(=O)N2CCCn2ccnc2)cc1. The largest absolute Gasteiger partial charge is 0.505 e. The number of ketones is 1. The van der Waals surface area contributed by atoms with Crippen molar-refractivity contribution in [1.29, 1.82) is 0 Å². The number of aliphatic hydroxyl groups is 1. The standard InChI is InChI=1S/C27H25N5O5/c1-17-22(31-13-4-3-6-20(31)29-17)24(33)21-23(18-7-9-19(10-8-18)27(36)37-2)32(26(35)25(21)34)14-5-12-30-15-11-28-16-30/h3-4,6-11,13,15-16,23,33H,5,12,14H2,1-2H3. The van der Waals surface area contributed by atoms with Gasteiger partial charge in [0.25, 0.3) is 11.7 Å². The van der Waals surface area contributed by atoms with Crippen LogP contribution >= 0.6 is 0 Å². The predicted molar refractivity (Wildman–Crippen MR) is 134 cm³/mol. The molecule has 5 rings (SSSR count). The molecule has 4 aromatic rings. The van der Waals surface area contributed by atoms with Gasteiger partial charge in [0.05, 0.1) is 36.3 Å². The lowest BCUT2D eigenvalue weighted by Gasteiger charge is -2.25. The van der Waals surface area contributed by atoms with Gasteiger partial charge in [0.15, 0.2) is 5.76 Å². The number of hydrogen-bond donors (Lipinski definition) is 1. The molecule has 1 fully saturated rings. The van der Waals surface area contributed by atoms with Crippen LogP contribution < -0.4 is 0 Å². The number of aliphatic hydroxyl groups excluding tert-OH is 1. The predicted octanol–water partition coefficient (Wildman–Crippen LogP) is 3.14. The van der Waals surface area contributed by atoms with E-state index in [1.54, 1.807) is 66.4 Å². The van der Waals surface area contributed by atoms with Crippen molar-refractivity contribution in [3.8, 4) is 0 Å². The van der Waals surface area contributed by atoms with E-state index in [1.165, 1.54) is 12.0 Å². The summed E-state index contributed by atoms with van der Waals surface area (Å²) >= 11 is 0. The van der Waals surface area contributed by atoms with Crippen LogP contribution in [0.4, 0.5) is 0 Å². The molecular formula is C27H25N5O5. The lowest BCUT2D eigenvalue weighted by molar-refractivity contribution is -0.139. The van der Waals surface area contributed by atoms with Crippen LogP contribution in [0.3, 0.4) is 0 Å². The molecule has 0 saturated carbocycles. The van der Waals surface area contributed by atoms with E-state index in [-0.39, 0.29) is 17.9 Å². The summed E-state index contributed by atoms with van der Waals surface area (Å²) in [5.41, 5.74) is 2.38. The Morgan fingerprint density at radius 3 is 2.57 bits per heavy atom. The normalized spacial score (nSPS) is 17.0. The number of aromatic nitrogens is 4. The molecule has 1 saturated heterocycles. The van der Waals surface area contributed by atoms with E-state index in [2.05, 4.69) is 9.97 Å². The lowest BCUT2D eigenvalue weighted by atomic mass is 9.95. The molecule has 37 heavy (non-hydrogen) atoms. The van der Waals surface area contributed by atoms with Gasteiger partial charge >= 0.3 is 5.97 Å². The number of rotatable bonds is 7. The van der Waals surface area contributed by atoms with E-state index in [9.17, 15) is 19.5 Å². The molecular weight excluding hydrogens is 474 g/mol. The summed E-state index contributed by atoms with van der Waals surface area (Å²) in [6, 6.07) is 11.1. The number of likely N-dealkylation sites (tertiary alicyclic amines) is 1. The second-order valence-electron chi connectivity index (χ2n) is 8.73. The quantitative estimate of drug-likeness (QED) is 0.180. The number of ether oxygens (including phenoxy) is 1. The van der Waals surface area contributed by atoms with Crippen LogP contribution in [0.5, 0.6) is 0 Å². The van der Waals surface area contributed by atoms with Gasteiger partial charge in [0, 0.05) is 31.7 Å². The highest BCUT2D eigenvalue weighted by molar-refractivity contribution is 6.46. The third kappa shape index (κ3) is 4.26. The molecule has 0 radical (unpaired) electrons. The zero-order chi connectivity index (χ0) is 26.1. The summed E-state index contributed by atoms with van der Waals surface area (Å²) in [6.45, 7) is 2.61. The van der Waals surface area contributed by atoms with Crippen LogP contribution in [-0.4, -0.2) is 60.3 Å². The van der Waals surface area contributed by atoms with Crippen molar-refractivity contribution in [2.45, 2.75) is 25.9 Å². The molecule has 1 N–H and O–H groups in total. The van der Waals surface area contributed by atoms with Gasteiger partial charge in [-0.25, -0.2) is 14.8 Å². The zero-order valence-corrected chi connectivity index (χ0v) is 20.4. The molecule has 0 bridgehead atoms. The molecule has 3 aromatic heterocycles. The zero-order valence-electron chi connectivity index (χ0n) is 20.4. The first-order chi connectivity index (χ1) is 17.9. The molecule has 0 spiro atoms. The topological polar surface area (TPSA) is 119 Å². The summed E-state index contributed by atoms with van der Waals surface area (Å²) in [6.07, 6.45) is 7.49. The van der Waals surface area contributed by atoms with Crippen LogP contribution in [0.15, 0.2) is 73.0 Å². The maximum absolute atomic E-state index is 13.4. The van der Waals surface area contributed by atoms with Crippen LogP contribution in [0.25, 0.3) is 11.4 Å². The number of imidazole rings is 2. The van der Waals surface area contributed by atoms with Crippen molar-refractivity contribution in [2.24, 2.45) is 0 Å². The Bertz CT molecular complexity index is 1520. The van der Waals surface area contributed by atoms with Gasteiger partial charge in [0.1, 0.15) is 11.3 Å². The Balaban J connectivity index is 1.60. The molecule has 1 aromatic carbocycles. The third-order valence-electron chi connectivity index (χ3n) is 6.49. The Labute approximate surface area is 212 Å². The van der Waals surface area contributed by atoms with Crippen molar-refractivity contribution in [2.75, 3.05) is 13.7 Å². The molecule has 1 unspecified atom stereocenters. The molecule has 10 heteroatoms. The molecule has 0 aliphatic carbocycles. The number of Topliss-reactive ketones (excluding diaryl/α,β-unsaturated/α-hetero) is 1. The lowest BCUT2D eigenvalue weighted by Crippen LogP contribution is -2.31. The monoisotopic (exact) mass is 499 g/mol. The van der Waals surface area contributed by atoms with Crippen molar-refractivity contribution in [1.82, 2.24) is 23.8 Å². The van der Waals surface area contributed by atoms with E-state index in [0.29, 0.717) is 41.1 Å². The number of esters is 1. The smallest absolute Gasteiger partial charge is 0.337 e. The molecule has 1 aliphatic heterocycles. The Morgan fingerprint density at radius 2 is 1.86 bits per heavy atom. The molecule has 1 aliphatic rings. The van der Waals surface area contributed by atoms with E-state index >= 15 is 0 Å². The maximum atomic E-state index is 13.4. The Hall–Kier alpha value is -4.73. The maximum Gasteiger partial charge on any atom is 0.337 e. The van der Waals surface area contributed by atoms with Gasteiger partial charge in [0.2, 0.25) is 0 Å². The number of carbonyl (C=O) groups is 3. The molecule has 188 valence electrons. The molecule has 4 heterocycles. The summed E-state index contributed by atoms with van der Waals surface area (Å²) in [5.74, 6) is -2.26. The van der Waals surface area contributed by atoms with Crippen molar-refractivity contribution in [3.05, 3.63) is 95.5 Å². The highest BCUT2D eigenvalue weighted by atomic mass is 16.5. The second kappa shape index (κ2) is 9.73. The average molecular weight is 500 g/mol. The summed E-state index contributed by atoms with van der Waals surface area (Å²) in [4.78, 5) is 48.6. The van der Waals surface area contributed by atoms with Crippen LogP contribution in [0.1, 0.15) is 39.8 Å². The Morgan fingerprint density at radius 1 is 1.08 bits per heavy atom. The average Bonchev–Trinajstić information content (AvgIpc) is 3.61. The first kappa shape index (κ1) is 24.0. The minimum Gasteiger partial charge on any atom is -0.505 e. The van der Waals surface area contributed by atoms with E-state index in [0.717, 1.165) is 0 Å². The fourth-order valence-electron chi connectivity index (χ4n) is 4.75. The minimum atomic E-state index is -0.844. The molecule has 1 amide bonds. The van der Waals surface area contributed by atoms with Gasteiger partial charge in [-0.3, -0.25) is 14.0 Å². The summed E-state index contributed by atoms with van der Waals surface area (Å²) < 4.78 is 8.36. The minimum absolute atomic E-state index is 0.0211. The summed E-state index contributed by atoms with van der Waals surface area (Å²) in [5, 5.41) is 11.5. The fourth-order valence-corrected chi connectivity index (χ4v) is 4.75. The van der Waals surface area contributed by atoms with E-state index in [1.807, 2.05) is 16.8 Å². The highest BCUT2D eigenvalue weighted by Gasteiger charge is 2.46. The molecule has 10 nitrogen and oxygen atoms in total. The Kier molecular flexibility index (Phi) is 6.31. The fraction of sp³-hybridized carbons (Fsp3) is 0.222. The number of methoxy groups -OCH3 is 1. The first-order valence-electron chi connectivity index (χ1n) is 11.8. The van der Waals surface area contributed by atoms with Crippen LogP contribution in [0.2, 0.25) is 0 Å². The summed E-state index contributed by atoms with van der Waals surface area (Å²) in [7, 11) is 1.30. The number of benzene rings is 1. The van der Waals surface area contributed by atoms with Gasteiger partial charge in [-0.15, -0.1) is 0 Å². The number of pyridine rings is 1. The van der Waals surface area contributed by atoms with Crippen molar-refractivity contribution >= 4 is 29.1 Å². The number of carbonyl (C=O) groups excluding carboxylic acids is 3.